The highest BCUT2D eigenvalue weighted by Crippen LogP contribution is 2.23. The summed E-state index contributed by atoms with van der Waals surface area (Å²) in [5.41, 5.74) is 3.60. The lowest BCUT2D eigenvalue weighted by Crippen LogP contribution is -2.15. The van der Waals surface area contributed by atoms with Crippen LogP contribution in [0.2, 0.25) is 5.02 Å². The van der Waals surface area contributed by atoms with Crippen LogP contribution < -0.4 is 5.32 Å². The van der Waals surface area contributed by atoms with Crippen LogP contribution in [0.4, 0.5) is 0 Å². The lowest BCUT2D eigenvalue weighted by atomic mass is 10.0. The molecule has 1 aliphatic carbocycles. The Hall–Kier alpha value is -1.38. The van der Waals surface area contributed by atoms with E-state index in [2.05, 4.69) is 34.6 Å². The lowest BCUT2D eigenvalue weighted by Gasteiger charge is -2.08. The number of nitrogens with zero attached hydrogens (tertiary/aromatic N) is 1. The maximum Gasteiger partial charge on any atom is 0.0444 e. The van der Waals surface area contributed by atoms with Crippen LogP contribution in [-0.4, -0.2) is 11.0 Å². The molecule has 0 saturated heterocycles. The van der Waals surface area contributed by atoms with Gasteiger partial charge in [0.15, 0.2) is 0 Å². The van der Waals surface area contributed by atoms with Gasteiger partial charge in [0, 0.05) is 36.4 Å². The first-order chi connectivity index (χ1) is 9.31. The topological polar surface area (TPSA) is 24.9 Å². The largest absolute Gasteiger partial charge is 0.310 e. The number of aromatic nitrogens is 1. The number of nitrogens with one attached hydrogen (secondary N) is 1. The van der Waals surface area contributed by atoms with Crippen LogP contribution in [0.3, 0.4) is 0 Å². The molecular formula is C16H17ClN2. The van der Waals surface area contributed by atoms with Gasteiger partial charge in [-0.25, -0.2) is 0 Å². The van der Waals surface area contributed by atoms with E-state index in [4.69, 9.17) is 11.6 Å². The summed E-state index contributed by atoms with van der Waals surface area (Å²) >= 11 is 6.36. The van der Waals surface area contributed by atoms with Crippen molar-refractivity contribution < 1.29 is 0 Å². The van der Waals surface area contributed by atoms with E-state index in [1.54, 1.807) is 6.20 Å². The molecule has 1 fully saturated rings. The van der Waals surface area contributed by atoms with Crippen molar-refractivity contribution in [2.24, 2.45) is 0 Å². The monoisotopic (exact) mass is 272 g/mol. The SMILES string of the molecule is Clc1cc(CNC2CC2)ccc1Cc1cccnc1. The number of benzene rings is 1. The molecule has 0 aliphatic heterocycles. The molecule has 1 aliphatic rings. The molecule has 0 radical (unpaired) electrons. The first-order valence-electron chi connectivity index (χ1n) is 6.71. The Balaban J connectivity index is 1.68. The first-order valence-corrected chi connectivity index (χ1v) is 7.08. The zero-order chi connectivity index (χ0) is 13.1. The zero-order valence-corrected chi connectivity index (χ0v) is 11.5. The highest BCUT2D eigenvalue weighted by molar-refractivity contribution is 6.31. The van der Waals surface area contributed by atoms with Gasteiger partial charge in [0.05, 0.1) is 0 Å². The summed E-state index contributed by atoms with van der Waals surface area (Å²) in [4.78, 5) is 4.13. The Bertz CT molecular complexity index is 550. The average molecular weight is 273 g/mol. The van der Waals surface area contributed by atoms with Crippen molar-refractivity contribution in [3.05, 3.63) is 64.4 Å². The molecule has 1 aromatic heterocycles. The van der Waals surface area contributed by atoms with Crippen LogP contribution in [0.1, 0.15) is 29.5 Å². The number of rotatable bonds is 5. The van der Waals surface area contributed by atoms with Crippen molar-refractivity contribution in [2.75, 3.05) is 0 Å². The van der Waals surface area contributed by atoms with Gasteiger partial charge in [-0.05, 0) is 41.7 Å². The van der Waals surface area contributed by atoms with E-state index in [9.17, 15) is 0 Å². The van der Waals surface area contributed by atoms with E-state index in [1.807, 2.05) is 12.3 Å². The van der Waals surface area contributed by atoms with Gasteiger partial charge in [-0.15, -0.1) is 0 Å². The van der Waals surface area contributed by atoms with E-state index >= 15 is 0 Å². The molecule has 1 heterocycles. The van der Waals surface area contributed by atoms with Gasteiger partial charge in [-0.2, -0.15) is 0 Å². The molecule has 98 valence electrons. The molecule has 0 atom stereocenters. The minimum Gasteiger partial charge on any atom is -0.310 e. The maximum atomic E-state index is 6.36. The fourth-order valence-corrected chi connectivity index (χ4v) is 2.39. The highest BCUT2D eigenvalue weighted by atomic mass is 35.5. The van der Waals surface area contributed by atoms with E-state index < -0.39 is 0 Å². The second-order valence-electron chi connectivity index (χ2n) is 5.12. The minimum atomic E-state index is 0.730. The third kappa shape index (κ3) is 3.55. The van der Waals surface area contributed by atoms with Crippen LogP contribution in [0.5, 0.6) is 0 Å². The van der Waals surface area contributed by atoms with Gasteiger partial charge in [0.2, 0.25) is 0 Å². The molecule has 0 bridgehead atoms. The van der Waals surface area contributed by atoms with Crippen molar-refractivity contribution >= 4 is 11.6 Å². The Morgan fingerprint density at radius 2 is 2.11 bits per heavy atom. The van der Waals surface area contributed by atoms with E-state index in [1.165, 1.54) is 24.0 Å². The quantitative estimate of drug-likeness (QED) is 0.900. The van der Waals surface area contributed by atoms with Gasteiger partial charge >= 0.3 is 0 Å². The molecular weight excluding hydrogens is 256 g/mol. The lowest BCUT2D eigenvalue weighted by molar-refractivity contribution is 0.687. The van der Waals surface area contributed by atoms with Crippen LogP contribution in [0.15, 0.2) is 42.7 Å². The summed E-state index contributed by atoms with van der Waals surface area (Å²) in [7, 11) is 0. The Labute approximate surface area is 118 Å². The molecule has 19 heavy (non-hydrogen) atoms. The van der Waals surface area contributed by atoms with Gasteiger partial charge in [0.25, 0.3) is 0 Å². The van der Waals surface area contributed by atoms with Crippen molar-refractivity contribution in [3.8, 4) is 0 Å². The van der Waals surface area contributed by atoms with E-state index in [0.717, 1.165) is 29.6 Å². The predicted octanol–water partition coefficient (Wildman–Crippen LogP) is 3.58. The van der Waals surface area contributed by atoms with Crippen LogP contribution in [0.25, 0.3) is 0 Å². The molecule has 2 nitrogen and oxygen atoms in total. The molecule has 0 spiro atoms. The third-order valence-electron chi connectivity index (χ3n) is 3.41. The van der Waals surface area contributed by atoms with Crippen LogP contribution in [0, 0.1) is 0 Å². The third-order valence-corrected chi connectivity index (χ3v) is 3.76. The number of halogens is 1. The normalized spacial score (nSPS) is 14.6. The minimum absolute atomic E-state index is 0.730. The molecule has 0 amide bonds. The number of hydrogen-bond acceptors (Lipinski definition) is 2. The highest BCUT2D eigenvalue weighted by Gasteiger charge is 2.19. The molecule has 1 saturated carbocycles. The van der Waals surface area contributed by atoms with Crippen molar-refractivity contribution in [1.82, 2.24) is 10.3 Å². The molecule has 2 aromatic rings. The Kier molecular flexibility index (Phi) is 3.81. The van der Waals surface area contributed by atoms with Crippen molar-refractivity contribution in [3.63, 3.8) is 0 Å². The summed E-state index contributed by atoms with van der Waals surface area (Å²) < 4.78 is 0. The fraction of sp³-hybridized carbons (Fsp3) is 0.312. The summed E-state index contributed by atoms with van der Waals surface area (Å²) in [6.07, 6.45) is 7.14. The molecule has 1 N–H and O–H groups in total. The molecule has 0 unspecified atom stereocenters. The Morgan fingerprint density at radius 3 is 2.79 bits per heavy atom. The van der Waals surface area contributed by atoms with Crippen molar-refractivity contribution in [1.29, 1.82) is 0 Å². The summed E-state index contributed by atoms with van der Waals surface area (Å²) in [5, 5.41) is 4.35. The average Bonchev–Trinajstić information content (AvgIpc) is 3.25. The zero-order valence-electron chi connectivity index (χ0n) is 10.8. The molecule has 3 rings (SSSR count). The standard InChI is InChI=1S/C16H17ClN2/c17-16-9-13(11-19-15-5-6-15)3-4-14(16)8-12-2-1-7-18-10-12/h1-4,7,9-10,15,19H,5-6,8,11H2. The Morgan fingerprint density at radius 1 is 1.21 bits per heavy atom. The van der Waals surface area contributed by atoms with Crippen LogP contribution in [-0.2, 0) is 13.0 Å². The maximum absolute atomic E-state index is 6.36. The molecule has 1 aromatic carbocycles. The van der Waals surface area contributed by atoms with Gasteiger partial charge in [0.1, 0.15) is 0 Å². The van der Waals surface area contributed by atoms with E-state index in [-0.39, 0.29) is 0 Å². The van der Waals surface area contributed by atoms with Crippen molar-refractivity contribution in [2.45, 2.75) is 31.8 Å². The summed E-state index contributed by atoms with van der Waals surface area (Å²) in [6.45, 7) is 0.914. The second kappa shape index (κ2) is 5.72. The smallest absolute Gasteiger partial charge is 0.0444 e. The fourth-order valence-electron chi connectivity index (χ4n) is 2.12. The first kappa shape index (κ1) is 12.6. The summed E-state index contributed by atoms with van der Waals surface area (Å²) in [6, 6.07) is 11.1. The van der Waals surface area contributed by atoms with Gasteiger partial charge in [-0.3, -0.25) is 4.98 Å². The predicted molar refractivity (Wildman–Crippen MR) is 78.4 cm³/mol. The molecule has 3 heteroatoms. The second-order valence-corrected chi connectivity index (χ2v) is 5.53. The van der Waals surface area contributed by atoms with Gasteiger partial charge < -0.3 is 5.32 Å². The number of hydrogen-bond donors (Lipinski definition) is 1. The van der Waals surface area contributed by atoms with Gasteiger partial charge in [-0.1, -0.05) is 29.8 Å². The number of pyridine rings is 1. The van der Waals surface area contributed by atoms with Crippen LogP contribution >= 0.6 is 11.6 Å². The summed E-state index contributed by atoms with van der Waals surface area (Å²) in [5.74, 6) is 0. The van der Waals surface area contributed by atoms with E-state index in [0.29, 0.717) is 0 Å².